The lowest BCUT2D eigenvalue weighted by Crippen LogP contribution is -2.49. The monoisotopic (exact) mass is 242 g/mol. The summed E-state index contributed by atoms with van der Waals surface area (Å²) in [4.78, 5) is 13.5. The van der Waals surface area contributed by atoms with Gasteiger partial charge in [0.2, 0.25) is 0 Å². The van der Waals surface area contributed by atoms with E-state index >= 15 is 0 Å². The fraction of sp³-hybridized carbons (Fsp3) is 0.917. The van der Waals surface area contributed by atoms with E-state index in [0.29, 0.717) is 32.9 Å². The van der Waals surface area contributed by atoms with E-state index in [4.69, 9.17) is 15.2 Å². The van der Waals surface area contributed by atoms with E-state index in [0.717, 1.165) is 25.7 Å². The number of nitrogens with two attached hydrogens (primary N) is 1. The molecule has 17 heavy (non-hydrogen) atoms. The van der Waals surface area contributed by atoms with Gasteiger partial charge < -0.3 is 20.1 Å². The first kappa shape index (κ1) is 12.6. The zero-order chi connectivity index (χ0) is 12.1. The molecule has 1 aliphatic heterocycles. The molecule has 0 atom stereocenters. The van der Waals surface area contributed by atoms with Gasteiger partial charge in [-0.05, 0) is 12.8 Å². The summed E-state index contributed by atoms with van der Waals surface area (Å²) in [6.07, 6.45) is 5.21. The van der Waals surface area contributed by atoms with Crippen molar-refractivity contribution < 1.29 is 14.3 Å². The molecule has 5 heteroatoms. The smallest absolute Gasteiger partial charge is 0.409 e. The molecule has 0 radical (unpaired) electrons. The highest BCUT2D eigenvalue weighted by atomic mass is 16.6. The van der Waals surface area contributed by atoms with Crippen LogP contribution in [0, 0.1) is 0 Å². The number of morpholine rings is 1. The van der Waals surface area contributed by atoms with E-state index in [9.17, 15) is 4.79 Å². The Labute approximate surface area is 102 Å². The molecule has 1 saturated heterocycles. The predicted molar refractivity (Wildman–Crippen MR) is 63.7 cm³/mol. The minimum absolute atomic E-state index is 0.247. The van der Waals surface area contributed by atoms with Crippen LogP contribution in [0.5, 0.6) is 0 Å². The van der Waals surface area contributed by atoms with E-state index in [1.165, 1.54) is 6.42 Å². The standard InChI is InChI=1S/C12H22N2O3/c13-12(4-2-1-3-5-12)10-17-11(15)14-6-8-16-9-7-14/h1-10,13H2. The molecule has 2 aliphatic rings. The Morgan fingerprint density at radius 1 is 1.24 bits per heavy atom. The molecular weight excluding hydrogens is 220 g/mol. The molecule has 1 saturated carbocycles. The third-order valence-electron chi connectivity index (χ3n) is 3.60. The summed E-state index contributed by atoms with van der Waals surface area (Å²) in [5.41, 5.74) is 5.93. The Kier molecular flexibility index (Phi) is 4.23. The molecule has 1 aliphatic carbocycles. The van der Waals surface area contributed by atoms with Crippen molar-refractivity contribution in [2.45, 2.75) is 37.6 Å². The van der Waals surface area contributed by atoms with Gasteiger partial charge in [0.25, 0.3) is 0 Å². The van der Waals surface area contributed by atoms with Crippen molar-refractivity contribution in [2.75, 3.05) is 32.9 Å². The summed E-state index contributed by atoms with van der Waals surface area (Å²) >= 11 is 0. The highest BCUT2D eigenvalue weighted by Crippen LogP contribution is 2.26. The Hall–Kier alpha value is -0.810. The molecule has 2 rings (SSSR count). The molecule has 1 heterocycles. The number of hydrogen-bond donors (Lipinski definition) is 1. The van der Waals surface area contributed by atoms with E-state index in [2.05, 4.69) is 0 Å². The lowest BCUT2D eigenvalue weighted by atomic mass is 9.83. The molecule has 98 valence electrons. The van der Waals surface area contributed by atoms with Gasteiger partial charge in [0.15, 0.2) is 0 Å². The maximum Gasteiger partial charge on any atom is 0.409 e. The fourth-order valence-corrected chi connectivity index (χ4v) is 2.44. The third kappa shape index (κ3) is 3.57. The number of carbonyl (C=O) groups is 1. The van der Waals surface area contributed by atoms with E-state index < -0.39 is 0 Å². The maximum atomic E-state index is 11.8. The normalized spacial score (nSPS) is 24.4. The van der Waals surface area contributed by atoms with Gasteiger partial charge >= 0.3 is 6.09 Å². The van der Waals surface area contributed by atoms with Gasteiger partial charge in [-0.3, -0.25) is 0 Å². The van der Waals surface area contributed by atoms with Crippen molar-refractivity contribution in [2.24, 2.45) is 5.73 Å². The molecule has 2 fully saturated rings. The number of carbonyl (C=O) groups excluding carboxylic acids is 1. The molecule has 0 aromatic heterocycles. The van der Waals surface area contributed by atoms with Crippen molar-refractivity contribution in [3.8, 4) is 0 Å². The Morgan fingerprint density at radius 2 is 1.88 bits per heavy atom. The number of amides is 1. The van der Waals surface area contributed by atoms with Gasteiger partial charge in [0.1, 0.15) is 6.61 Å². The first-order chi connectivity index (χ1) is 8.20. The van der Waals surface area contributed by atoms with Crippen molar-refractivity contribution in [3.63, 3.8) is 0 Å². The fourth-order valence-electron chi connectivity index (χ4n) is 2.44. The highest BCUT2D eigenvalue weighted by molar-refractivity contribution is 5.67. The Balaban J connectivity index is 1.74. The van der Waals surface area contributed by atoms with Gasteiger partial charge in [-0.25, -0.2) is 4.79 Å². The van der Waals surface area contributed by atoms with Crippen LogP contribution in [0.2, 0.25) is 0 Å². The molecule has 1 amide bonds. The van der Waals surface area contributed by atoms with Crippen molar-refractivity contribution in [1.82, 2.24) is 4.90 Å². The number of rotatable bonds is 2. The second-order valence-electron chi connectivity index (χ2n) is 5.08. The molecule has 5 nitrogen and oxygen atoms in total. The lowest BCUT2D eigenvalue weighted by Gasteiger charge is -2.34. The van der Waals surface area contributed by atoms with Crippen LogP contribution in [-0.4, -0.2) is 49.4 Å². The first-order valence-corrected chi connectivity index (χ1v) is 6.48. The van der Waals surface area contributed by atoms with E-state index in [1.807, 2.05) is 0 Å². The minimum Gasteiger partial charge on any atom is -0.447 e. The van der Waals surface area contributed by atoms with Crippen LogP contribution >= 0.6 is 0 Å². The Morgan fingerprint density at radius 3 is 2.53 bits per heavy atom. The van der Waals surface area contributed by atoms with Gasteiger partial charge in [0.05, 0.1) is 18.8 Å². The number of hydrogen-bond acceptors (Lipinski definition) is 4. The topological polar surface area (TPSA) is 64.8 Å². The van der Waals surface area contributed by atoms with Crippen LogP contribution in [0.15, 0.2) is 0 Å². The summed E-state index contributed by atoms with van der Waals surface area (Å²) in [5.74, 6) is 0. The molecule has 0 aromatic carbocycles. The Bertz CT molecular complexity index is 258. The lowest BCUT2D eigenvalue weighted by molar-refractivity contribution is 0.0181. The van der Waals surface area contributed by atoms with Crippen LogP contribution in [0.3, 0.4) is 0 Å². The van der Waals surface area contributed by atoms with Crippen LogP contribution < -0.4 is 5.73 Å². The predicted octanol–water partition coefficient (Wildman–Crippen LogP) is 1.12. The van der Waals surface area contributed by atoms with E-state index in [1.54, 1.807) is 4.90 Å². The van der Waals surface area contributed by atoms with Crippen molar-refractivity contribution >= 4 is 6.09 Å². The van der Waals surface area contributed by atoms with Gasteiger partial charge in [-0.15, -0.1) is 0 Å². The third-order valence-corrected chi connectivity index (χ3v) is 3.60. The maximum absolute atomic E-state index is 11.8. The first-order valence-electron chi connectivity index (χ1n) is 6.48. The largest absolute Gasteiger partial charge is 0.447 e. The van der Waals surface area contributed by atoms with Crippen LogP contribution in [0.1, 0.15) is 32.1 Å². The van der Waals surface area contributed by atoms with Crippen LogP contribution in [0.4, 0.5) is 4.79 Å². The SMILES string of the molecule is NC1(COC(=O)N2CCOCC2)CCCCC1. The summed E-state index contributed by atoms with van der Waals surface area (Å²) in [7, 11) is 0. The summed E-state index contributed by atoms with van der Waals surface area (Å²) in [6.45, 7) is 2.79. The average molecular weight is 242 g/mol. The number of nitrogens with zero attached hydrogens (tertiary/aromatic N) is 1. The van der Waals surface area contributed by atoms with Crippen molar-refractivity contribution in [3.05, 3.63) is 0 Å². The van der Waals surface area contributed by atoms with Gasteiger partial charge in [-0.2, -0.15) is 0 Å². The minimum atomic E-state index is -0.291. The molecule has 0 spiro atoms. The molecule has 0 aromatic rings. The van der Waals surface area contributed by atoms with Crippen LogP contribution in [0.25, 0.3) is 0 Å². The zero-order valence-electron chi connectivity index (χ0n) is 10.3. The van der Waals surface area contributed by atoms with Gasteiger partial charge in [0, 0.05) is 13.1 Å². The molecule has 0 unspecified atom stereocenters. The van der Waals surface area contributed by atoms with Crippen LogP contribution in [-0.2, 0) is 9.47 Å². The zero-order valence-corrected chi connectivity index (χ0v) is 10.3. The molecular formula is C12H22N2O3. The molecule has 0 bridgehead atoms. The summed E-state index contributed by atoms with van der Waals surface area (Å²) < 4.78 is 10.5. The van der Waals surface area contributed by atoms with Crippen molar-refractivity contribution in [1.29, 1.82) is 0 Å². The number of ether oxygens (including phenoxy) is 2. The summed E-state index contributed by atoms with van der Waals surface area (Å²) in [6, 6.07) is 0. The van der Waals surface area contributed by atoms with Gasteiger partial charge in [-0.1, -0.05) is 19.3 Å². The molecule has 2 N–H and O–H groups in total. The highest BCUT2D eigenvalue weighted by Gasteiger charge is 2.30. The average Bonchev–Trinajstić information content (AvgIpc) is 2.38. The summed E-state index contributed by atoms with van der Waals surface area (Å²) in [5, 5.41) is 0. The van der Waals surface area contributed by atoms with E-state index in [-0.39, 0.29) is 11.6 Å². The quantitative estimate of drug-likeness (QED) is 0.788. The second kappa shape index (κ2) is 5.69. The second-order valence-corrected chi connectivity index (χ2v) is 5.08.